The van der Waals surface area contributed by atoms with Crippen molar-refractivity contribution in [3.05, 3.63) is 51.7 Å². The molecule has 0 saturated heterocycles. The van der Waals surface area contributed by atoms with Gasteiger partial charge in [0.15, 0.2) is 14.7 Å². The summed E-state index contributed by atoms with van der Waals surface area (Å²) in [5, 5.41) is 5.06. The normalized spacial score (nSPS) is 18.2. The minimum atomic E-state index is -3.24. The highest BCUT2D eigenvalue weighted by Crippen LogP contribution is 2.45. The average Bonchev–Trinajstić information content (AvgIpc) is 3.56. The number of sulfone groups is 1. The number of aromatic nitrogens is 1. The number of carbonyl (C=O) groups excluding carboxylic acids is 1. The van der Waals surface area contributed by atoms with Crippen molar-refractivity contribution in [2.45, 2.75) is 37.6 Å². The molecule has 2 aliphatic rings. The number of amides is 1. The van der Waals surface area contributed by atoms with E-state index in [0.29, 0.717) is 22.4 Å². The summed E-state index contributed by atoms with van der Waals surface area (Å²) >= 11 is 1.36. The van der Waals surface area contributed by atoms with Gasteiger partial charge in [-0.1, -0.05) is 24.3 Å². The van der Waals surface area contributed by atoms with Crippen molar-refractivity contribution in [3.8, 4) is 11.6 Å². The van der Waals surface area contributed by atoms with Crippen LogP contribution in [0.25, 0.3) is 0 Å². The molecule has 0 spiro atoms. The molecule has 6 nitrogen and oxygen atoms in total. The Morgan fingerprint density at radius 1 is 1.25 bits per heavy atom. The van der Waals surface area contributed by atoms with Gasteiger partial charge in [0.1, 0.15) is 10.8 Å². The second kappa shape index (κ2) is 7.67. The first-order valence-electron chi connectivity index (χ1n) is 9.32. The van der Waals surface area contributed by atoms with Crippen LogP contribution in [0.2, 0.25) is 0 Å². The predicted molar refractivity (Wildman–Crippen MR) is 109 cm³/mol. The number of rotatable bonds is 8. The van der Waals surface area contributed by atoms with Gasteiger partial charge in [-0.25, -0.2) is 13.4 Å². The van der Waals surface area contributed by atoms with Crippen LogP contribution in [-0.4, -0.2) is 31.6 Å². The largest absolute Gasteiger partial charge is 0.437 e. The number of benzene rings is 1. The van der Waals surface area contributed by atoms with Crippen molar-refractivity contribution in [3.63, 3.8) is 0 Å². The van der Waals surface area contributed by atoms with E-state index in [0.717, 1.165) is 36.9 Å². The number of para-hydroxylation sites is 1. The maximum atomic E-state index is 13.0. The molecule has 0 aliphatic heterocycles. The van der Waals surface area contributed by atoms with Gasteiger partial charge in [0.2, 0.25) is 5.88 Å². The van der Waals surface area contributed by atoms with Gasteiger partial charge in [-0.2, -0.15) is 0 Å². The summed E-state index contributed by atoms with van der Waals surface area (Å²) in [6, 6.07) is 8.95. The van der Waals surface area contributed by atoms with E-state index in [1.807, 2.05) is 30.3 Å². The minimum Gasteiger partial charge on any atom is -0.437 e. The quantitative estimate of drug-likeness (QED) is 0.703. The molecule has 28 heavy (non-hydrogen) atoms. The third-order valence-corrected chi connectivity index (χ3v) is 6.51. The van der Waals surface area contributed by atoms with Crippen LogP contribution in [-0.2, 0) is 9.84 Å². The van der Waals surface area contributed by atoms with E-state index in [-0.39, 0.29) is 17.9 Å². The molecule has 8 heteroatoms. The average molecular weight is 419 g/mol. The topological polar surface area (TPSA) is 85.4 Å². The second-order valence-corrected chi connectivity index (χ2v) is 10.3. The summed E-state index contributed by atoms with van der Waals surface area (Å²) in [7, 11) is -3.24. The Labute approximate surface area is 168 Å². The van der Waals surface area contributed by atoms with Gasteiger partial charge in [-0.05, 0) is 43.7 Å². The van der Waals surface area contributed by atoms with E-state index >= 15 is 0 Å². The molecule has 0 bridgehead atoms. The molecular formula is C20H22N2O4S2. The zero-order valence-electron chi connectivity index (χ0n) is 15.5. The highest BCUT2D eigenvalue weighted by molar-refractivity contribution is 7.93. The number of carbonyl (C=O) groups is 1. The van der Waals surface area contributed by atoms with Gasteiger partial charge in [0.05, 0.1) is 6.04 Å². The molecule has 1 aromatic carbocycles. The number of nitrogens with one attached hydrogen (secondary N) is 1. The number of hydrogen-bond donors (Lipinski definition) is 1. The van der Waals surface area contributed by atoms with Crippen LogP contribution in [0.3, 0.4) is 0 Å². The maximum absolute atomic E-state index is 13.0. The molecule has 1 heterocycles. The minimum absolute atomic E-state index is 0.273. The Balaban J connectivity index is 1.56. The van der Waals surface area contributed by atoms with Crippen LogP contribution in [0.1, 0.15) is 46.3 Å². The summed E-state index contributed by atoms with van der Waals surface area (Å²) in [4.78, 5) is 18.0. The van der Waals surface area contributed by atoms with Crippen LogP contribution in [0, 0.1) is 5.92 Å². The molecule has 1 aromatic heterocycles. The van der Waals surface area contributed by atoms with Gasteiger partial charge in [-0.15, -0.1) is 11.3 Å². The summed E-state index contributed by atoms with van der Waals surface area (Å²) in [5.41, 5.74) is 0. The first-order valence-corrected chi connectivity index (χ1v) is 12.1. The Morgan fingerprint density at radius 2 is 1.96 bits per heavy atom. The van der Waals surface area contributed by atoms with Gasteiger partial charge < -0.3 is 10.1 Å². The van der Waals surface area contributed by atoms with E-state index < -0.39 is 9.84 Å². The van der Waals surface area contributed by atoms with Crippen LogP contribution in [0.4, 0.5) is 0 Å². The second-order valence-electron chi connectivity index (χ2n) is 7.37. The maximum Gasteiger partial charge on any atom is 0.267 e. The van der Waals surface area contributed by atoms with E-state index in [1.54, 1.807) is 6.08 Å². The Kier molecular flexibility index (Phi) is 5.25. The summed E-state index contributed by atoms with van der Waals surface area (Å²) in [6.07, 6.45) is 6.84. The summed E-state index contributed by atoms with van der Waals surface area (Å²) in [5.74, 6) is 1.35. The fraction of sp³-hybridized carbons (Fsp3) is 0.400. The number of nitrogens with zero attached hydrogens (tertiary/aromatic N) is 1. The molecule has 2 aliphatic carbocycles. The molecule has 1 amide bonds. The van der Waals surface area contributed by atoms with Gasteiger partial charge in [-0.3, -0.25) is 4.79 Å². The molecule has 2 fully saturated rings. The lowest BCUT2D eigenvalue weighted by Gasteiger charge is -2.14. The molecule has 1 N–H and O–H groups in total. The SMILES string of the molecule is CS(=O)(=O)/C=C/[C@@H](NC(=O)c1sc(C2CC2)nc1Oc1ccccc1)C1CC1. The van der Waals surface area contributed by atoms with E-state index in [1.165, 1.54) is 16.7 Å². The van der Waals surface area contributed by atoms with E-state index in [9.17, 15) is 13.2 Å². The highest BCUT2D eigenvalue weighted by Gasteiger charge is 2.34. The number of ether oxygens (including phenoxy) is 1. The fourth-order valence-corrected chi connectivity index (χ4v) is 4.38. The molecule has 1 atom stereocenters. The number of hydrogen-bond acceptors (Lipinski definition) is 6. The van der Waals surface area contributed by atoms with Crippen molar-refractivity contribution >= 4 is 27.1 Å². The summed E-state index contributed by atoms with van der Waals surface area (Å²) in [6.45, 7) is 0. The lowest BCUT2D eigenvalue weighted by Crippen LogP contribution is -2.34. The zero-order chi connectivity index (χ0) is 19.7. The molecular weight excluding hydrogens is 396 g/mol. The third kappa shape index (κ3) is 4.99. The van der Waals surface area contributed by atoms with Crippen molar-refractivity contribution in [2.75, 3.05) is 6.26 Å². The van der Waals surface area contributed by atoms with Gasteiger partial charge >= 0.3 is 0 Å². The lowest BCUT2D eigenvalue weighted by atomic mass is 10.2. The van der Waals surface area contributed by atoms with Crippen LogP contribution in [0.5, 0.6) is 11.6 Å². The van der Waals surface area contributed by atoms with Crippen molar-refractivity contribution in [1.82, 2.24) is 10.3 Å². The molecule has 4 rings (SSSR count). The first kappa shape index (κ1) is 19.1. The Morgan fingerprint density at radius 3 is 2.57 bits per heavy atom. The van der Waals surface area contributed by atoms with Crippen molar-refractivity contribution in [1.29, 1.82) is 0 Å². The molecule has 148 valence electrons. The fourth-order valence-electron chi connectivity index (χ4n) is 2.86. The van der Waals surface area contributed by atoms with Gasteiger partial charge in [0.25, 0.3) is 5.91 Å². The van der Waals surface area contributed by atoms with Crippen LogP contribution < -0.4 is 10.1 Å². The van der Waals surface area contributed by atoms with Gasteiger partial charge in [0, 0.05) is 17.6 Å². The van der Waals surface area contributed by atoms with Crippen molar-refractivity contribution in [2.24, 2.45) is 5.92 Å². The number of thiazole rings is 1. The smallest absolute Gasteiger partial charge is 0.267 e. The standard InChI is InChI=1S/C20H22N2O4S2/c1-28(24,25)12-11-16(13-7-8-13)21-18(23)17-19(22-20(27-17)14-9-10-14)26-15-5-3-2-4-6-15/h2-6,11-14,16H,7-10H2,1H3,(H,21,23)/b12-11+/t16-/m1/s1. The molecule has 0 unspecified atom stereocenters. The molecule has 0 radical (unpaired) electrons. The Bertz CT molecular complexity index is 990. The lowest BCUT2D eigenvalue weighted by molar-refractivity contribution is 0.0942. The van der Waals surface area contributed by atoms with E-state index in [2.05, 4.69) is 10.3 Å². The predicted octanol–water partition coefficient (Wildman–Crippen LogP) is 3.88. The molecule has 2 aromatic rings. The first-order chi connectivity index (χ1) is 13.4. The summed E-state index contributed by atoms with van der Waals surface area (Å²) < 4.78 is 28.8. The monoisotopic (exact) mass is 418 g/mol. The highest BCUT2D eigenvalue weighted by atomic mass is 32.2. The molecule has 2 saturated carbocycles. The third-order valence-electron chi connectivity index (χ3n) is 4.66. The van der Waals surface area contributed by atoms with Crippen LogP contribution in [0.15, 0.2) is 41.8 Å². The van der Waals surface area contributed by atoms with Crippen molar-refractivity contribution < 1.29 is 17.9 Å². The Hall–Kier alpha value is -2.19. The zero-order valence-corrected chi connectivity index (χ0v) is 17.1. The van der Waals surface area contributed by atoms with Crippen LogP contribution >= 0.6 is 11.3 Å². The van der Waals surface area contributed by atoms with E-state index in [4.69, 9.17) is 4.74 Å².